The van der Waals surface area contributed by atoms with Crippen LogP contribution in [0.25, 0.3) is 0 Å². The highest BCUT2D eigenvalue weighted by Crippen LogP contribution is 2.33. The molecule has 0 N–H and O–H groups in total. The van der Waals surface area contributed by atoms with Crippen LogP contribution < -0.4 is 0 Å². The molecule has 2 heteroatoms. The van der Waals surface area contributed by atoms with E-state index in [1.165, 1.54) is 0 Å². The monoisotopic (exact) mass is 215 g/mol. The van der Waals surface area contributed by atoms with Crippen molar-refractivity contribution in [1.29, 1.82) is 5.26 Å². The predicted molar refractivity (Wildman–Crippen MR) is 63.9 cm³/mol. The minimum atomic E-state index is -0.475. The van der Waals surface area contributed by atoms with Gasteiger partial charge in [0.1, 0.15) is 0 Å². The third-order valence-electron chi connectivity index (χ3n) is 3.31. The van der Waals surface area contributed by atoms with Gasteiger partial charge in [0.25, 0.3) is 0 Å². The third-order valence-corrected chi connectivity index (χ3v) is 3.31. The number of hydrogen-bond acceptors (Lipinski definition) is 2. The summed E-state index contributed by atoms with van der Waals surface area (Å²) in [4.78, 5) is 12.1. The van der Waals surface area contributed by atoms with Crippen molar-refractivity contribution in [1.82, 2.24) is 0 Å². The van der Waals surface area contributed by atoms with Gasteiger partial charge in [0.2, 0.25) is 0 Å². The Hall–Kier alpha value is -1.62. The molecule has 0 unspecified atom stereocenters. The van der Waals surface area contributed by atoms with Gasteiger partial charge in [-0.05, 0) is 18.4 Å². The first kappa shape index (κ1) is 12.4. The van der Waals surface area contributed by atoms with E-state index in [2.05, 4.69) is 0 Å². The van der Waals surface area contributed by atoms with Gasteiger partial charge >= 0.3 is 0 Å². The normalized spacial score (nSPS) is 10.8. The minimum absolute atomic E-state index is 0.00340. The Kier molecular flexibility index (Phi) is 4.25. The summed E-state index contributed by atoms with van der Waals surface area (Å²) in [5.74, 6) is 0.0335. The largest absolute Gasteiger partial charge is 0.298 e. The number of nitrogens with zero attached hydrogens (tertiary/aromatic N) is 1. The van der Waals surface area contributed by atoms with E-state index in [1.54, 1.807) is 0 Å². The Labute approximate surface area is 96.9 Å². The van der Waals surface area contributed by atoms with Crippen LogP contribution in [0.1, 0.15) is 38.7 Å². The van der Waals surface area contributed by atoms with Crippen LogP contribution in [0, 0.1) is 11.3 Å². The summed E-state index contributed by atoms with van der Waals surface area (Å²) in [6, 6.07) is 11.7. The molecule has 16 heavy (non-hydrogen) atoms. The van der Waals surface area contributed by atoms with E-state index in [4.69, 9.17) is 5.26 Å². The zero-order valence-electron chi connectivity index (χ0n) is 9.86. The van der Waals surface area contributed by atoms with Crippen molar-refractivity contribution in [3.8, 4) is 6.07 Å². The lowest BCUT2D eigenvalue weighted by Gasteiger charge is -2.29. The number of ketones is 1. The van der Waals surface area contributed by atoms with Crippen LogP contribution >= 0.6 is 0 Å². The number of hydrogen-bond donors (Lipinski definition) is 0. The minimum Gasteiger partial charge on any atom is -0.298 e. The molecule has 2 nitrogen and oxygen atoms in total. The Morgan fingerprint density at radius 3 is 2.25 bits per heavy atom. The zero-order valence-corrected chi connectivity index (χ0v) is 9.86. The number of benzene rings is 1. The molecule has 0 aliphatic rings. The van der Waals surface area contributed by atoms with E-state index in [0.29, 0.717) is 0 Å². The molecule has 0 saturated carbocycles. The van der Waals surface area contributed by atoms with E-state index in [-0.39, 0.29) is 12.2 Å². The Morgan fingerprint density at radius 2 is 1.81 bits per heavy atom. The number of carbonyl (C=O) groups excluding carboxylic acids is 1. The fourth-order valence-corrected chi connectivity index (χ4v) is 2.21. The maximum absolute atomic E-state index is 12.1. The molecule has 0 aliphatic heterocycles. The van der Waals surface area contributed by atoms with Crippen LogP contribution in [0.3, 0.4) is 0 Å². The summed E-state index contributed by atoms with van der Waals surface area (Å²) in [6.07, 6.45) is 1.48. The molecule has 0 radical (unpaired) electrons. The van der Waals surface area contributed by atoms with Gasteiger partial charge in [-0.3, -0.25) is 4.79 Å². The standard InChI is InChI=1S/C14H17NO/c1-3-14(4-2,13(16)10-11-15)12-8-6-5-7-9-12/h5-9H,3-4,10H2,1-2H3. The highest BCUT2D eigenvalue weighted by molar-refractivity contribution is 5.91. The molecule has 0 amide bonds. The summed E-state index contributed by atoms with van der Waals surface area (Å²) < 4.78 is 0. The third kappa shape index (κ3) is 2.14. The van der Waals surface area contributed by atoms with Gasteiger partial charge in [0.15, 0.2) is 5.78 Å². The Bertz CT molecular complexity index is 385. The van der Waals surface area contributed by atoms with E-state index >= 15 is 0 Å². The maximum atomic E-state index is 12.1. The number of carbonyl (C=O) groups is 1. The van der Waals surface area contributed by atoms with Crippen molar-refractivity contribution in [3.05, 3.63) is 35.9 Å². The highest BCUT2D eigenvalue weighted by atomic mass is 16.1. The molecule has 0 fully saturated rings. The van der Waals surface area contributed by atoms with Crippen molar-refractivity contribution >= 4 is 5.78 Å². The van der Waals surface area contributed by atoms with Gasteiger partial charge in [0, 0.05) is 0 Å². The second-order valence-electron chi connectivity index (χ2n) is 3.91. The van der Waals surface area contributed by atoms with Crippen LogP contribution in [0.2, 0.25) is 0 Å². The smallest absolute Gasteiger partial charge is 0.157 e. The summed E-state index contributed by atoms with van der Waals surface area (Å²) >= 11 is 0. The number of Topliss-reactive ketones (excluding diaryl/α,β-unsaturated/α-hetero) is 1. The van der Waals surface area contributed by atoms with Gasteiger partial charge in [-0.2, -0.15) is 5.26 Å². The summed E-state index contributed by atoms with van der Waals surface area (Å²) in [5, 5.41) is 8.67. The van der Waals surface area contributed by atoms with E-state index in [9.17, 15) is 4.79 Å². The van der Waals surface area contributed by atoms with Gasteiger partial charge in [-0.1, -0.05) is 44.2 Å². The molecule has 84 valence electrons. The molecule has 0 atom stereocenters. The maximum Gasteiger partial charge on any atom is 0.157 e. The van der Waals surface area contributed by atoms with Gasteiger partial charge in [0.05, 0.1) is 17.9 Å². The van der Waals surface area contributed by atoms with Gasteiger partial charge in [-0.15, -0.1) is 0 Å². The Balaban J connectivity index is 3.17. The van der Waals surface area contributed by atoms with Crippen molar-refractivity contribution < 1.29 is 4.79 Å². The van der Waals surface area contributed by atoms with E-state index in [1.807, 2.05) is 50.2 Å². The first-order chi connectivity index (χ1) is 7.71. The Morgan fingerprint density at radius 1 is 1.25 bits per heavy atom. The molecule has 0 spiro atoms. The van der Waals surface area contributed by atoms with E-state index in [0.717, 1.165) is 18.4 Å². The number of rotatable bonds is 5. The van der Waals surface area contributed by atoms with Crippen LogP contribution in [0.4, 0.5) is 0 Å². The fourth-order valence-electron chi connectivity index (χ4n) is 2.21. The predicted octanol–water partition coefficient (Wildman–Crippen LogP) is 3.23. The first-order valence-electron chi connectivity index (χ1n) is 5.67. The van der Waals surface area contributed by atoms with Crippen molar-refractivity contribution in [2.45, 2.75) is 38.5 Å². The van der Waals surface area contributed by atoms with Crippen molar-refractivity contribution in [3.63, 3.8) is 0 Å². The first-order valence-corrected chi connectivity index (χ1v) is 5.67. The topological polar surface area (TPSA) is 40.9 Å². The lowest BCUT2D eigenvalue weighted by Crippen LogP contribution is -2.34. The fraction of sp³-hybridized carbons (Fsp3) is 0.429. The molecule has 0 aromatic heterocycles. The molecule has 0 aliphatic carbocycles. The summed E-state index contributed by atoms with van der Waals surface area (Å²) in [5.41, 5.74) is 0.553. The van der Waals surface area contributed by atoms with Crippen LogP contribution in [0.5, 0.6) is 0 Å². The van der Waals surface area contributed by atoms with Crippen molar-refractivity contribution in [2.75, 3.05) is 0 Å². The summed E-state index contributed by atoms with van der Waals surface area (Å²) in [7, 11) is 0. The highest BCUT2D eigenvalue weighted by Gasteiger charge is 2.35. The lowest BCUT2D eigenvalue weighted by molar-refractivity contribution is -0.124. The molecule has 1 rings (SSSR count). The SMILES string of the molecule is CCC(CC)(C(=O)CC#N)c1ccccc1. The second-order valence-corrected chi connectivity index (χ2v) is 3.91. The molecule has 1 aromatic rings. The average molecular weight is 215 g/mol. The molecule has 0 heterocycles. The average Bonchev–Trinajstić information content (AvgIpc) is 2.33. The molecular formula is C14H17NO. The van der Waals surface area contributed by atoms with Crippen molar-refractivity contribution in [2.24, 2.45) is 0 Å². The lowest BCUT2D eigenvalue weighted by atomic mass is 9.72. The molecule has 1 aromatic carbocycles. The molecular weight excluding hydrogens is 198 g/mol. The van der Waals surface area contributed by atoms with Crippen LogP contribution in [0.15, 0.2) is 30.3 Å². The summed E-state index contributed by atoms with van der Waals surface area (Å²) in [6.45, 7) is 4.01. The molecule has 0 saturated heterocycles. The van der Waals surface area contributed by atoms with Crippen LogP contribution in [-0.2, 0) is 10.2 Å². The quantitative estimate of drug-likeness (QED) is 0.756. The van der Waals surface area contributed by atoms with Gasteiger partial charge in [-0.25, -0.2) is 0 Å². The van der Waals surface area contributed by atoms with E-state index < -0.39 is 5.41 Å². The van der Waals surface area contributed by atoms with Crippen LogP contribution in [-0.4, -0.2) is 5.78 Å². The molecule has 0 bridgehead atoms. The zero-order chi connectivity index (χ0) is 12.0. The second kappa shape index (κ2) is 5.46. The van der Waals surface area contributed by atoms with Gasteiger partial charge < -0.3 is 0 Å². The number of nitriles is 1.